The number of benzene rings is 2. The summed E-state index contributed by atoms with van der Waals surface area (Å²) in [5.74, 6) is -0.759. The molecule has 1 saturated heterocycles. The molecule has 1 heterocycles. The highest BCUT2D eigenvalue weighted by molar-refractivity contribution is 9.10. The summed E-state index contributed by atoms with van der Waals surface area (Å²) in [5.41, 5.74) is 1.14. The van der Waals surface area contributed by atoms with Gasteiger partial charge in [-0.1, -0.05) is 29.8 Å². The lowest BCUT2D eigenvalue weighted by Gasteiger charge is -2.11. The van der Waals surface area contributed by atoms with Crippen LogP contribution in [0.25, 0.3) is 6.08 Å². The molecule has 9 heteroatoms. The SMILES string of the molecule is COC(=O)COc1c(Cl)cc(/C=C2/NC(=O)N(c3ccccc3)C2=O)cc1Br. The second-order valence-electron chi connectivity index (χ2n) is 5.64. The summed E-state index contributed by atoms with van der Waals surface area (Å²) >= 11 is 9.54. The van der Waals surface area contributed by atoms with Crippen molar-refractivity contribution in [1.29, 1.82) is 0 Å². The lowest BCUT2D eigenvalue weighted by atomic mass is 10.1. The number of imide groups is 1. The van der Waals surface area contributed by atoms with Gasteiger partial charge in [0, 0.05) is 0 Å². The molecule has 2 aromatic rings. The normalized spacial score (nSPS) is 15.0. The Morgan fingerprint density at radius 2 is 1.96 bits per heavy atom. The van der Waals surface area contributed by atoms with E-state index in [1.807, 2.05) is 0 Å². The van der Waals surface area contributed by atoms with Crippen LogP contribution in [0.15, 0.2) is 52.6 Å². The van der Waals surface area contributed by atoms with Crippen molar-refractivity contribution in [3.8, 4) is 5.75 Å². The number of methoxy groups -OCH3 is 1. The second kappa shape index (κ2) is 8.45. The van der Waals surface area contributed by atoms with E-state index in [4.69, 9.17) is 16.3 Å². The van der Waals surface area contributed by atoms with Gasteiger partial charge in [-0.25, -0.2) is 14.5 Å². The quantitative estimate of drug-likeness (QED) is 0.413. The van der Waals surface area contributed by atoms with Gasteiger partial charge in [0.2, 0.25) is 0 Å². The Morgan fingerprint density at radius 1 is 1.25 bits per heavy atom. The highest BCUT2D eigenvalue weighted by atomic mass is 79.9. The van der Waals surface area contributed by atoms with E-state index < -0.39 is 17.9 Å². The molecule has 3 rings (SSSR count). The van der Waals surface area contributed by atoms with Crippen molar-refractivity contribution in [3.05, 3.63) is 63.2 Å². The number of hydrogen-bond acceptors (Lipinski definition) is 5. The molecule has 1 N–H and O–H groups in total. The molecule has 1 aliphatic heterocycles. The molecule has 0 aliphatic carbocycles. The molecular weight excluding hydrogens is 452 g/mol. The highest BCUT2D eigenvalue weighted by Gasteiger charge is 2.34. The standard InChI is InChI=1S/C19H14BrClN2O5/c1-27-16(24)10-28-17-13(20)7-11(8-14(17)21)9-15-18(25)23(19(26)22-15)12-5-3-2-4-6-12/h2-9H,10H2,1H3,(H,22,26)/b15-9+. The molecule has 3 amide bonds. The van der Waals surface area contributed by atoms with Crippen molar-refractivity contribution in [3.63, 3.8) is 0 Å². The van der Waals surface area contributed by atoms with Crippen molar-refractivity contribution in [1.82, 2.24) is 5.32 Å². The molecule has 28 heavy (non-hydrogen) atoms. The number of urea groups is 1. The minimum absolute atomic E-state index is 0.111. The van der Waals surface area contributed by atoms with Crippen LogP contribution in [-0.2, 0) is 14.3 Å². The van der Waals surface area contributed by atoms with E-state index in [1.165, 1.54) is 13.2 Å². The molecule has 1 fully saturated rings. The van der Waals surface area contributed by atoms with Crippen molar-refractivity contribution >= 4 is 57.2 Å². The van der Waals surface area contributed by atoms with E-state index in [9.17, 15) is 14.4 Å². The first-order chi connectivity index (χ1) is 13.4. The summed E-state index contributed by atoms with van der Waals surface area (Å²) in [6.45, 7) is -0.296. The Kier molecular flexibility index (Phi) is 6.01. The van der Waals surface area contributed by atoms with Gasteiger partial charge < -0.3 is 14.8 Å². The predicted octanol–water partition coefficient (Wildman–Crippen LogP) is 3.75. The zero-order valence-electron chi connectivity index (χ0n) is 14.6. The Bertz CT molecular complexity index is 955. The number of halogens is 2. The van der Waals surface area contributed by atoms with Gasteiger partial charge in [0.1, 0.15) is 5.70 Å². The first kappa shape index (κ1) is 19.9. The summed E-state index contributed by atoms with van der Waals surface area (Å²) in [5, 5.41) is 2.77. The maximum absolute atomic E-state index is 12.6. The number of carbonyl (C=O) groups is 3. The van der Waals surface area contributed by atoms with Crippen LogP contribution in [0, 0.1) is 0 Å². The van der Waals surface area contributed by atoms with Crippen LogP contribution >= 0.6 is 27.5 Å². The second-order valence-corrected chi connectivity index (χ2v) is 6.90. The number of esters is 1. The summed E-state index contributed by atoms with van der Waals surface area (Å²) in [4.78, 5) is 37.1. The zero-order valence-corrected chi connectivity index (χ0v) is 16.9. The molecule has 0 spiro atoms. The average molecular weight is 466 g/mol. The summed E-state index contributed by atoms with van der Waals surface area (Å²) in [7, 11) is 1.25. The molecular formula is C19H14BrClN2O5. The van der Waals surface area contributed by atoms with Gasteiger partial charge in [-0.2, -0.15) is 0 Å². The van der Waals surface area contributed by atoms with Gasteiger partial charge >= 0.3 is 12.0 Å². The summed E-state index contributed by atoms with van der Waals surface area (Å²) < 4.78 is 10.3. The summed E-state index contributed by atoms with van der Waals surface area (Å²) in [6.07, 6.45) is 1.50. The zero-order chi connectivity index (χ0) is 20.3. The fraction of sp³-hybridized carbons (Fsp3) is 0.105. The molecule has 1 aliphatic rings. The van der Waals surface area contributed by atoms with Crippen LogP contribution in [0.1, 0.15) is 5.56 Å². The first-order valence-electron chi connectivity index (χ1n) is 8.01. The van der Waals surface area contributed by atoms with Crippen LogP contribution in [0.2, 0.25) is 5.02 Å². The highest BCUT2D eigenvalue weighted by Crippen LogP contribution is 2.35. The molecule has 144 valence electrons. The van der Waals surface area contributed by atoms with Crippen LogP contribution in [0.5, 0.6) is 5.75 Å². The molecule has 0 aromatic heterocycles. The first-order valence-corrected chi connectivity index (χ1v) is 9.18. The molecule has 0 atom stereocenters. The van der Waals surface area contributed by atoms with Gasteiger partial charge in [-0.15, -0.1) is 0 Å². The third-order valence-electron chi connectivity index (χ3n) is 3.79. The third kappa shape index (κ3) is 4.18. The molecule has 0 saturated carbocycles. The molecule has 0 radical (unpaired) electrons. The predicted molar refractivity (Wildman–Crippen MR) is 107 cm³/mol. The number of hydrogen-bond donors (Lipinski definition) is 1. The smallest absolute Gasteiger partial charge is 0.343 e. The maximum atomic E-state index is 12.6. The fourth-order valence-corrected chi connectivity index (χ4v) is 3.49. The van der Waals surface area contributed by atoms with Gasteiger partial charge in [0.15, 0.2) is 12.4 Å². The Morgan fingerprint density at radius 3 is 2.61 bits per heavy atom. The Labute approximate surface area is 174 Å². The monoisotopic (exact) mass is 464 g/mol. The number of ether oxygens (including phenoxy) is 2. The van der Waals surface area contributed by atoms with E-state index in [0.717, 1.165) is 4.90 Å². The minimum atomic E-state index is -0.547. The van der Waals surface area contributed by atoms with Gasteiger partial charge in [-0.05, 0) is 51.8 Å². The largest absolute Gasteiger partial charge is 0.479 e. The number of anilines is 1. The van der Waals surface area contributed by atoms with Gasteiger partial charge in [0.05, 0.1) is 22.3 Å². The lowest BCUT2D eigenvalue weighted by molar-refractivity contribution is -0.142. The molecule has 7 nitrogen and oxygen atoms in total. The van der Waals surface area contributed by atoms with Crippen LogP contribution < -0.4 is 15.0 Å². The average Bonchev–Trinajstić information content (AvgIpc) is 2.94. The van der Waals surface area contributed by atoms with Crippen molar-refractivity contribution in [2.75, 3.05) is 18.6 Å². The van der Waals surface area contributed by atoms with Crippen LogP contribution in [0.3, 0.4) is 0 Å². The fourth-order valence-electron chi connectivity index (χ4n) is 2.50. The number of nitrogens with one attached hydrogen (secondary N) is 1. The number of carbonyl (C=O) groups excluding carboxylic acids is 3. The Hall–Kier alpha value is -2.84. The van der Waals surface area contributed by atoms with E-state index >= 15 is 0 Å². The number of rotatable bonds is 5. The van der Waals surface area contributed by atoms with Crippen molar-refractivity contribution in [2.45, 2.75) is 0 Å². The van der Waals surface area contributed by atoms with Crippen molar-refractivity contribution < 1.29 is 23.9 Å². The van der Waals surface area contributed by atoms with Gasteiger partial charge in [0.25, 0.3) is 5.91 Å². The third-order valence-corrected chi connectivity index (χ3v) is 4.66. The van der Waals surface area contributed by atoms with E-state index in [1.54, 1.807) is 42.5 Å². The number of nitrogens with zero attached hydrogens (tertiary/aromatic N) is 1. The molecule has 0 bridgehead atoms. The van der Waals surface area contributed by atoms with E-state index in [0.29, 0.717) is 15.7 Å². The van der Waals surface area contributed by atoms with Gasteiger partial charge in [-0.3, -0.25) is 4.79 Å². The van der Waals surface area contributed by atoms with Crippen molar-refractivity contribution in [2.24, 2.45) is 0 Å². The van der Waals surface area contributed by atoms with E-state index in [2.05, 4.69) is 26.0 Å². The topological polar surface area (TPSA) is 84.9 Å². The van der Waals surface area contributed by atoms with Crippen LogP contribution in [-0.4, -0.2) is 31.6 Å². The lowest BCUT2D eigenvalue weighted by Crippen LogP contribution is -2.30. The Balaban J connectivity index is 1.85. The molecule has 2 aromatic carbocycles. The summed E-state index contributed by atoms with van der Waals surface area (Å²) in [6, 6.07) is 11.3. The number of amides is 3. The van der Waals surface area contributed by atoms with Crippen LogP contribution in [0.4, 0.5) is 10.5 Å². The maximum Gasteiger partial charge on any atom is 0.343 e. The molecule has 0 unspecified atom stereocenters. The number of para-hydroxylation sites is 1. The van der Waals surface area contributed by atoms with E-state index in [-0.39, 0.29) is 23.1 Å². The minimum Gasteiger partial charge on any atom is -0.479 e.